The molecule has 0 amide bonds. The lowest BCUT2D eigenvalue weighted by atomic mass is 10.2. The molecule has 0 spiro atoms. The number of aryl methyl sites for hydroxylation is 1. The Hall–Kier alpha value is -2.78. The third kappa shape index (κ3) is 5.72. The maximum Gasteiger partial charge on any atom is 0.227 e. The van der Waals surface area contributed by atoms with Crippen molar-refractivity contribution in [3.05, 3.63) is 42.0 Å². The van der Waals surface area contributed by atoms with E-state index in [2.05, 4.69) is 24.6 Å². The Morgan fingerprint density at radius 2 is 1.62 bits per heavy atom. The highest BCUT2D eigenvalue weighted by atomic mass is 19.1. The zero-order valence-corrected chi connectivity index (χ0v) is 21.8. The van der Waals surface area contributed by atoms with Gasteiger partial charge in [-0.3, -0.25) is 4.90 Å². The highest BCUT2D eigenvalue weighted by Crippen LogP contribution is 2.29. The van der Waals surface area contributed by atoms with Crippen LogP contribution in [0, 0.1) is 5.82 Å². The summed E-state index contributed by atoms with van der Waals surface area (Å²) >= 11 is 0. The Morgan fingerprint density at radius 3 is 2.38 bits per heavy atom. The largest absolute Gasteiger partial charge is 0.352 e. The van der Waals surface area contributed by atoms with Crippen molar-refractivity contribution in [1.29, 1.82) is 0 Å². The number of imidazole rings is 1. The summed E-state index contributed by atoms with van der Waals surface area (Å²) in [5.74, 6) is 1.31. The maximum absolute atomic E-state index is 13.4. The van der Waals surface area contributed by atoms with Crippen molar-refractivity contribution in [2.24, 2.45) is 0 Å². The van der Waals surface area contributed by atoms with E-state index in [4.69, 9.17) is 15.0 Å². The molecule has 2 saturated heterocycles. The summed E-state index contributed by atoms with van der Waals surface area (Å²) in [7, 11) is 0. The number of nitrogens with one attached hydrogen (secondary N) is 1. The minimum absolute atomic E-state index is 0.224. The molecule has 4 heterocycles. The third-order valence-corrected chi connectivity index (χ3v) is 8.34. The first kappa shape index (κ1) is 24.6. The van der Waals surface area contributed by atoms with E-state index in [0.717, 1.165) is 74.3 Å². The molecule has 1 saturated carbocycles. The predicted octanol–water partition coefficient (Wildman–Crippen LogP) is 4.13. The van der Waals surface area contributed by atoms with Crippen LogP contribution >= 0.6 is 0 Å². The van der Waals surface area contributed by atoms with Gasteiger partial charge in [0.05, 0.1) is 6.33 Å². The van der Waals surface area contributed by atoms with Gasteiger partial charge in [-0.1, -0.05) is 25.0 Å². The fraction of sp³-hybridized carbons (Fsp3) is 0.607. The van der Waals surface area contributed by atoms with Crippen LogP contribution in [0.25, 0.3) is 11.2 Å². The molecule has 6 rings (SSSR count). The van der Waals surface area contributed by atoms with Crippen LogP contribution < -0.4 is 10.2 Å². The molecule has 0 radical (unpaired) electrons. The molecule has 2 aromatic heterocycles. The van der Waals surface area contributed by atoms with Gasteiger partial charge in [0.1, 0.15) is 5.82 Å². The molecule has 0 unspecified atom stereocenters. The van der Waals surface area contributed by atoms with Gasteiger partial charge in [0, 0.05) is 45.3 Å². The van der Waals surface area contributed by atoms with Crippen molar-refractivity contribution in [2.45, 2.75) is 64.1 Å². The van der Waals surface area contributed by atoms with Crippen molar-refractivity contribution < 1.29 is 4.39 Å². The number of benzene rings is 1. The molecular formula is C28H39FN8. The van der Waals surface area contributed by atoms with Crippen molar-refractivity contribution in [2.75, 3.05) is 56.0 Å². The normalized spacial score (nSPS) is 19.9. The van der Waals surface area contributed by atoms with E-state index >= 15 is 0 Å². The fourth-order valence-electron chi connectivity index (χ4n) is 6.22. The van der Waals surface area contributed by atoms with Gasteiger partial charge in [0.25, 0.3) is 0 Å². The zero-order chi connectivity index (χ0) is 25.0. The number of fused-ring (bicyclic) bond motifs is 1. The number of piperazine rings is 1. The molecule has 198 valence electrons. The Morgan fingerprint density at radius 1 is 0.865 bits per heavy atom. The highest BCUT2D eigenvalue weighted by Gasteiger charge is 2.28. The molecule has 3 aliphatic rings. The van der Waals surface area contributed by atoms with Gasteiger partial charge in [0.15, 0.2) is 17.0 Å². The second-order valence-electron chi connectivity index (χ2n) is 10.8. The van der Waals surface area contributed by atoms with E-state index in [1.165, 1.54) is 63.7 Å². The van der Waals surface area contributed by atoms with Crippen molar-refractivity contribution in [3.63, 3.8) is 0 Å². The monoisotopic (exact) mass is 506 g/mol. The van der Waals surface area contributed by atoms with Gasteiger partial charge in [-0.2, -0.15) is 9.97 Å². The number of rotatable bonds is 9. The quantitative estimate of drug-likeness (QED) is 0.468. The summed E-state index contributed by atoms with van der Waals surface area (Å²) in [6.07, 6.45) is 11.1. The van der Waals surface area contributed by atoms with Gasteiger partial charge in [-0.05, 0) is 69.4 Å². The summed E-state index contributed by atoms with van der Waals surface area (Å²) in [4.78, 5) is 22.3. The summed E-state index contributed by atoms with van der Waals surface area (Å²) in [6.45, 7) is 9.08. The molecule has 3 fully saturated rings. The van der Waals surface area contributed by atoms with Crippen LogP contribution in [0.15, 0.2) is 30.6 Å². The number of hydrogen-bond acceptors (Lipinski definition) is 7. The van der Waals surface area contributed by atoms with Crippen molar-refractivity contribution in [3.8, 4) is 0 Å². The van der Waals surface area contributed by atoms with Crippen LogP contribution in [-0.4, -0.2) is 81.2 Å². The number of nitrogens with zero attached hydrogens (tertiary/aromatic N) is 7. The SMILES string of the molecule is Fc1ccc(CNc2nc(N3CCN(C4CCCC4)CC3)c3ncn(CCCN4CCCC4)c3n2)cc1. The minimum atomic E-state index is -0.224. The van der Waals surface area contributed by atoms with Crippen molar-refractivity contribution >= 4 is 22.9 Å². The van der Waals surface area contributed by atoms with Crippen LogP contribution in [0.3, 0.4) is 0 Å². The first-order chi connectivity index (χ1) is 18.2. The van der Waals surface area contributed by atoms with Gasteiger partial charge in [0.2, 0.25) is 5.95 Å². The second kappa shape index (κ2) is 11.3. The average Bonchev–Trinajstić information content (AvgIpc) is 3.71. The Balaban J connectivity index is 1.21. The minimum Gasteiger partial charge on any atom is -0.352 e. The molecule has 0 atom stereocenters. The molecule has 3 aromatic rings. The summed E-state index contributed by atoms with van der Waals surface area (Å²) in [5.41, 5.74) is 2.78. The maximum atomic E-state index is 13.4. The van der Waals surface area contributed by atoms with Crippen LogP contribution in [0.5, 0.6) is 0 Å². The molecule has 37 heavy (non-hydrogen) atoms. The van der Waals surface area contributed by atoms with Crippen molar-refractivity contribution in [1.82, 2.24) is 29.3 Å². The smallest absolute Gasteiger partial charge is 0.227 e. The number of hydrogen-bond donors (Lipinski definition) is 1. The summed E-state index contributed by atoms with van der Waals surface area (Å²) in [6, 6.07) is 7.34. The molecule has 1 N–H and O–H groups in total. The zero-order valence-electron chi connectivity index (χ0n) is 21.8. The second-order valence-corrected chi connectivity index (χ2v) is 10.8. The van der Waals surface area contributed by atoms with E-state index in [1.807, 2.05) is 6.33 Å². The number of likely N-dealkylation sites (tertiary alicyclic amines) is 1. The third-order valence-electron chi connectivity index (χ3n) is 8.34. The average molecular weight is 507 g/mol. The summed E-state index contributed by atoms with van der Waals surface area (Å²) < 4.78 is 15.5. The van der Waals surface area contributed by atoms with Gasteiger partial charge in [-0.25, -0.2) is 9.37 Å². The van der Waals surface area contributed by atoms with Gasteiger partial charge >= 0.3 is 0 Å². The molecule has 8 nitrogen and oxygen atoms in total. The molecule has 9 heteroatoms. The Labute approximate surface area is 218 Å². The molecule has 0 bridgehead atoms. The molecular weight excluding hydrogens is 467 g/mol. The Kier molecular flexibility index (Phi) is 7.50. The lowest BCUT2D eigenvalue weighted by Crippen LogP contribution is -2.50. The van der Waals surface area contributed by atoms with Gasteiger partial charge < -0.3 is 19.7 Å². The van der Waals surface area contributed by atoms with Crippen LogP contribution in [0.2, 0.25) is 0 Å². The highest BCUT2D eigenvalue weighted by molar-refractivity contribution is 5.85. The van der Waals surface area contributed by atoms with E-state index in [9.17, 15) is 4.39 Å². The first-order valence-electron chi connectivity index (χ1n) is 14.2. The standard InChI is InChI=1S/C28H39FN8/c29-23-10-8-22(9-11-23)20-30-28-32-26(36-18-16-35(17-19-36)24-6-1-2-7-24)25-27(33-28)37(21-31-25)15-5-14-34-12-3-4-13-34/h8-11,21,24H,1-7,12-20H2,(H,30,32,33). The molecule has 1 aliphatic carbocycles. The van der Waals surface area contributed by atoms with E-state index < -0.39 is 0 Å². The van der Waals surface area contributed by atoms with Crippen LogP contribution in [0.4, 0.5) is 16.2 Å². The number of anilines is 2. The fourth-order valence-corrected chi connectivity index (χ4v) is 6.22. The van der Waals surface area contributed by atoms with E-state index in [1.54, 1.807) is 12.1 Å². The molecule has 1 aromatic carbocycles. The predicted molar refractivity (Wildman–Crippen MR) is 145 cm³/mol. The first-order valence-corrected chi connectivity index (χ1v) is 14.2. The lowest BCUT2D eigenvalue weighted by Gasteiger charge is -2.38. The van der Waals surface area contributed by atoms with Gasteiger partial charge in [-0.15, -0.1) is 0 Å². The van der Waals surface area contributed by atoms with E-state index in [0.29, 0.717) is 12.5 Å². The lowest BCUT2D eigenvalue weighted by molar-refractivity contribution is 0.187. The van der Waals surface area contributed by atoms with E-state index in [-0.39, 0.29) is 5.82 Å². The number of halogens is 1. The Bertz CT molecular complexity index is 1160. The molecule has 2 aliphatic heterocycles. The van der Waals surface area contributed by atoms with Crippen LogP contribution in [0.1, 0.15) is 50.5 Å². The summed E-state index contributed by atoms with van der Waals surface area (Å²) in [5, 5.41) is 3.39. The topological polar surface area (TPSA) is 65.4 Å². The number of aromatic nitrogens is 4. The van der Waals surface area contributed by atoms with Crippen LogP contribution in [-0.2, 0) is 13.1 Å².